The summed E-state index contributed by atoms with van der Waals surface area (Å²) < 4.78 is 41.1. The van der Waals surface area contributed by atoms with Gasteiger partial charge in [-0.15, -0.1) is 0 Å². The maximum absolute atomic E-state index is 13.7. The second-order valence-electron chi connectivity index (χ2n) is 6.37. The van der Waals surface area contributed by atoms with Gasteiger partial charge in [0, 0.05) is 16.3 Å². The number of alkyl halides is 3. The third-order valence-electron chi connectivity index (χ3n) is 4.67. The second kappa shape index (κ2) is 5.74. The van der Waals surface area contributed by atoms with E-state index in [4.69, 9.17) is 11.6 Å². The van der Waals surface area contributed by atoms with Crippen molar-refractivity contribution in [1.82, 2.24) is 5.01 Å². The molecule has 1 heterocycles. The van der Waals surface area contributed by atoms with Crippen LogP contribution in [0.4, 0.5) is 13.2 Å². The van der Waals surface area contributed by atoms with Crippen molar-refractivity contribution >= 4 is 23.2 Å². The molecule has 130 valence electrons. The highest BCUT2D eigenvalue weighted by Gasteiger charge is 2.68. The predicted molar refractivity (Wildman–Crippen MR) is 82.6 cm³/mol. The highest BCUT2D eigenvalue weighted by molar-refractivity contribution is 6.30. The van der Waals surface area contributed by atoms with Crippen LogP contribution in [-0.2, 0) is 0 Å². The normalized spacial score (nSPS) is 30.1. The van der Waals surface area contributed by atoms with Gasteiger partial charge in [-0.25, -0.2) is 0 Å². The van der Waals surface area contributed by atoms with E-state index in [2.05, 4.69) is 5.10 Å². The zero-order valence-corrected chi connectivity index (χ0v) is 13.6. The Bertz CT molecular complexity index is 690. The molecule has 24 heavy (non-hydrogen) atoms. The van der Waals surface area contributed by atoms with E-state index in [0.29, 0.717) is 17.9 Å². The van der Waals surface area contributed by atoms with Gasteiger partial charge in [0.1, 0.15) is 0 Å². The molecule has 0 unspecified atom stereocenters. The Hall–Kier alpha value is -1.60. The van der Waals surface area contributed by atoms with Crippen molar-refractivity contribution in [2.75, 3.05) is 0 Å². The highest BCUT2D eigenvalue weighted by atomic mass is 35.5. The quantitative estimate of drug-likeness (QED) is 0.827. The van der Waals surface area contributed by atoms with E-state index in [1.807, 2.05) is 6.92 Å². The zero-order chi connectivity index (χ0) is 17.7. The van der Waals surface area contributed by atoms with E-state index < -0.39 is 23.7 Å². The summed E-state index contributed by atoms with van der Waals surface area (Å²) in [6.45, 7) is 1.83. The molecule has 1 fully saturated rings. The molecular weight excluding hydrogens is 345 g/mol. The molecule has 3 rings (SSSR count). The molecule has 1 aromatic rings. The number of rotatable bonds is 1. The summed E-state index contributed by atoms with van der Waals surface area (Å²) in [5.74, 6) is -2.20. The monoisotopic (exact) mass is 360 g/mol. The Morgan fingerprint density at radius 3 is 2.58 bits per heavy atom. The first-order valence-electron chi connectivity index (χ1n) is 7.61. The largest absolute Gasteiger partial charge is 0.439 e. The second-order valence-corrected chi connectivity index (χ2v) is 6.81. The first-order chi connectivity index (χ1) is 11.1. The van der Waals surface area contributed by atoms with Gasteiger partial charge in [-0.05, 0) is 49.4 Å². The number of fused-ring (bicyclic) bond motifs is 1. The highest BCUT2D eigenvalue weighted by Crippen LogP contribution is 2.49. The molecule has 1 aliphatic carbocycles. The number of halogens is 4. The van der Waals surface area contributed by atoms with Crippen molar-refractivity contribution in [3.63, 3.8) is 0 Å². The van der Waals surface area contributed by atoms with Crippen LogP contribution in [0.1, 0.15) is 36.5 Å². The standard InChI is InChI=1S/C16H16ClF3N2O2/c1-9-2-7-13-12(8-9)15(24,16(18,19)20)22(21-13)14(23)10-3-5-11(17)6-4-10/h3-6,9,12,24H,2,7-8H2,1H3/t9-,12+,15-/m1/s1. The first-order valence-corrected chi connectivity index (χ1v) is 7.99. The maximum atomic E-state index is 13.7. The van der Waals surface area contributed by atoms with E-state index in [0.717, 1.165) is 0 Å². The van der Waals surface area contributed by atoms with Crippen LogP contribution in [0, 0.1) is 11.8 Å². The molecule has 1 amide bonds. The van der Waals surface area contributed by atoms with E-state index in [1.54, 1.807) is 0 Å². The lowest BCUT2D eigenvalue weighted by Crippen LogP contribution is -2.61. The zero-order valence-electron chi connectivity index (χ0n) is 12.8. The van der Waals surface area contributed by atoms with Crippen LogP contribution in [0.25, 0.3) is 0 Å². The molecule has 1 N–H and O–H groups in total. The topological polar surface area (TPSA) is 52.9 Å². The first kappa shape index (κ1) is 17.2. The van der Waals surface area contributed by atoms with Gasteiger partial charge in [0.2, 0.25) is 0 Å². The number of hydrogen-bond acceptors (Lipinski definition) is 3. The smallest absolute Gasteiger partial charge is 0.362 e. The summed E-state index contributed by atoms with van der Waals surface area (Å²) in [4.78, 5) is 12.6. The van der Waals surface area contributed by atoms with Crippen LogP contribution in [0.15, 0.2) is 29.4 Å². The summed E-state index contributed by atoms with van der Waals surface area (Å²) in [7, 11) is 0. The van der Waals surface area contributed by atoms with E-state index in [-0.39, 0.29) is 28.6 Å². The molecule has 0 saturated heterocycles. The minimum Gasteiger partial charge on any atom is -0.362 e. The maximum Gasteiger partial charge on any atom is 0.439 e. The van der Waals surface area contributed by atoms with Gasteiger partial charge in [0.15, 0.2) is 0 Å². The Labute approximate surface area is 141 Å². The van der Waals surface area contributed by atoms with E-state index in [1.165, 1.54) is 24.3 Å². The van der Waals surface area contributed by atoms with Crippen LogP contribution in [-0.4, -0.2) is 33.6 Å². The van der Waals surface area contributed by atoms with Crippen LogP contribution in [0.5, 0.6) is 0 Å². The Kier molecular flexibility index (Phi) is 4.12. The Balaban J connectivity index is 2.03. The molecule has 1 saturated carbocycles. The number of hydrogen-bond donors (Lipinski definition) is 1. The third kappa shape index (κ3) is 2.59. The molecule has 2 aliphatic rings. The van der Waals surface area contributed by atoms with E-state index in [9.17, 15) is 23.1 Å². The number of aliphatic hydroxyl groups is 1. The predicted octanol–water partition coefficient (Wildman–Crippen LogP) is 3.84. The molecule has 1 aromatic carbocycles. The molecule has 4 nitrogen and oxygen atoms in total. The van der Waals surface area contributed by atoms with Gasteiger partial charge in [-0.1, -0.05) is 18.5 Å². The molecule has 0 aromatic heterocycles. The summed E-state index contributed by atoms with van der Waals surface area (Å²) in [6, 6.07) is 5.43. The fourth-order valence-corrected chi connectivity index (χ4v) is 3.45. The fourth-order valence-electron chi connectivity index (χ4n) is 3.33. The molecule has 8 heteroatoms. The number of benzene rings is 1. The van der Waals surface area contributed by atoms with Gasteiger partial charge in [-0.3, -0.25) is 4.79 Å². The summed E-state index contributed by atoms with van der Waals surface area (Å²) in [5, 5.41) is 14.9. The third-order valence-corrected chi connectivity index (χ3v) is 4.92. The van der Waals surface area contributed by atoms with Crippen LogP contribution >= 0.6 is 11.6 Å². The molecular formula is C16H16ClF3N2O2. The van der Waals surface area contributed by atoms with Gasteiger partial charge in [0.05, 0.1) is 5.92 Å². The average Bonchev–Trinajstić information content (AvgIpc) is 2.81. The SMILES string of the molecule is C[C@@H]1CCC2=NN(C(=O)c3ccc(Cl)cc3)[C@](O)(C(F)(F)F)[C@H]2C1. The number of carbonyl (C=O) groups excluding carboxylic acids is 1. The lowest BCUT2D eigenvalue weighted by molar-refractivity contribution is -0.313. The van der Waals surface area contributed by atoms with Gasteiger partial charge in [0.25, 0.3) is 11.6 Å². The molecule has 1 aliphatic heterocycles. The van der Waals surface area contributed by atoms with Gasteiger partial charge < -0.3 is 5.11 Å². The summed E-state index contributed by atoms with van der Waals surface area (Å²) in [5.41, 5.74) is -3.10. The number of nitrogens with zero attached hydrogens (tertiary/aromatic N) is 2. The van der Waals surface area contributed by atoms with Crippen LogP contribution in [0.2, 0.25) is 5.02 Å². The molecule has 0 bridgehead atoms. The van der Waals surface area contributed by atoms with Crippen molar-refractivity contribution in [3.8, 4) is 0 Å². The summed E-state index contributed by atoms with van der Waals surface area (Å²) in [6.07, 6.45) is -3.85. The van der Waals surface area contributed by atoms with Gasteiger partial charge in [-0.2, -0.15) is 23.3 Å². The molecule has 0 spiro atoms. The van der Waals surface area contributed by atoms with Crippen molar-refractivity contribution in [2.45, 2.75) is 38.1 Å². The average molecular weight is 361 g/mol. The van der Waals surface area contributed by atoms with E-state index >= 15 is 0 Å². The lowest BCUT2D eigenvalue weighted by Gasteiger charge is -2.39. The summed E-state index contributed by atoms with van der Waals surface area (Å²) >= 11 is 5.74. The van der Waals surface area contributed by atoms with Gasteiger partial charge >= 0.3 is 6.18 Å². The molecule has 0 radical (unpaired) electrons. The Morgan fingerprint density at radius 1 is 1.38 bits per heavy atom. The minimum absolute atomic E-state index is 0.0156. The van der Waals surface area contributed by atoms with Crippen molar-refractivity contribution in [2.24, 2.45) is 16.9 Å². The van der Waals surface area contributed by atoms with Crippen LogP contribution < -0.4 is 0 Å². The Morgan fingerprint density at radius 2 is 2.00 bits per heavy atom. The fraction of sp³-hybridized carbons (Fsp3) is 0.500. The van der Waals surface area contributed by atoms with Crippen molar-refractivity contribution in [1.29, 1.82) is 0 Å². The van der Waals surface area contributed by atoms with Crippen molar-refractivity contribution in [3.05, 3.63) is 34.9 Å². The van der Waals surface area contributed by atoms with Crippen LogP contribution in [0.3, 0.4) is 0 Å². The lowest BCUT2D eigenvalue weighted by atomic mass is 9.76. The minimum atomic E-state index is -5.01. The number of amides is 1. The molecule has 3 atom stereocenters. The van der Waals surface area contributed by atoms with Crippen molar-refractivity contribution < 1.29 is 23.1 Å². The number of carbonyl (C=O) groups is 1. The number of hydrazone groups is 1.